The third-order valence-corrected chi connectivity index (χ3v) is 5.97. The van der Waals surface area contributed by atoms with Gasteiger partial charge < -0.3 is 14.6 Å². The standard InChI is InChI=1S/C27H25BF2N2O2/c1-16-24(20-11-7-5-8-12-20)18(3)31-26(16)22(33)15-23(34-28(29)30)27-17(2)25(19(4)32-27)21-13-9-6-10-14-21/h5-15,31-32H,1-4H3/b23-15-. The Bertz CT molecular complexity index is 1360. The van der Waals surface area contributed by atoms with Gasteiger partial charge in [-0.1, -0.05) is 60.7 Å². The molecule has 0 saturated heterocycles. The smallest absolute Gasteiger partial charge is 0.503 e. The van der Waals surface area contributed by atoms with Crippen LogP contribution in [0.1, 0.15) is 38.7 Å². The van der Waals surface area contributed by atoms with Crippen LogP contribution in [-0.4, -0.2) is 23.2 Å². The Hall–Kier alpha value is -3.87. The van der Waals surface area contributed by atoms with E-state index in [0.717, 1.165) is 50.8 Å². The molecule has 4 nitrogen and oxygen atoms in total. The van der Waals surface area contributed by atoms with Crippen LogP contribution in [0.25, 0.3) is 28.0 Å². The molecule has 0 amide bonds. The van der Waals surface area contributed by atoms with Crippen molar-refractivity contribution in [3.8, 4) is 22.3 Å². The number of H-pyrrole nitrogens is 2. The van der Waals surface area contributed by atoms with Crippen LogP contribution in [0.2, 0.25) is 0 Å². The zero-order chi connectivity index (χ0) is 24.4. The van der Waals surface area contributed by atoms with E-state index in [0.29, 0.717) is 11.4 Å². The molecule has 2 aromatic heterocycles. The summed E-state index contributed by atoms with van der Waals surface area (Å²) in [7, 11) is -3.08. The van der Waals surface area contributed by atoms with Gasteiger partial charge in [0.15, 0.2) is 0 Å². The summed E-state index contributed by atoms with van der Waals surface area (Å²) >= 11 is 0. The van der Waals surface area contributed by atoms with Gasteiger partial charge in [-0.25, -0.2) is 8.63 Å². The highest BCUT2D eigenvalue weighted by Gasteiger charge is 2.26. The normalized spacial score (nSPS) is 11.5. The fourth-order valence-electron chi connectivity index (χ4n) is 4.52. The highest BCUT2D eigenvalue weighted by molar-refractivity contribution is 6.36. The van der Waals surface area contributed by atoms with Gasteiger partial charge in [0.05, 0.1) is 11.4 Å². The van der Waals surface area contributed by atoms with Gasteiger partial charge in [-0.15, -0.1) is 0 Å². The lowest BCUT2D eigenvalue weighted by Gasteiger charge is -2.09. The number of nitrogens with one attached hydrogen (secondary N) is 2. The van der Waals surface area contributed by atoms with Crippen LogP contribution in [0.5, 0.6) is 0 Å². The first-order chi connectivity index (χ1) is 16.3. The first-order valence-corrected chi connectivity index (χ1v) is 11.0. The Balaban J connectivity index is 1.78. The monoisotopic (exact) mass is 458 g/mol. The van der Waals surface area contributed by atoms with Crippen LogP contribution in [0.3, 0.4) is 0 Å². The molecular weight excluding hydrogens is 433 g/mol. The van der Waals surface area contributed by atoms with Crippen molar-refractivity contribution in [2.24, 2.45) is 0 Å². The number of halogens is 2. The summed E-state index contributed by atoms with van der Waals surface area (Å²) in [5.41, 5.74) is 7.55. The number of carbonyl (C=O) groups is 1. The Morgan fingerprint density at radius 2 is 1.21 bits per heavy atom. The number of ketones is 1. The zero-order valence-corrected chi connectivity index (χ0v) is 19.5. The molecule has 0 spiro atoms. The Morgan fingerprint density at radius 3 is 1.68 bits per heavy atom. The van der Waals surface area contributed by atoms with Crippen molar-refractivity contribution >= 4 is 19.0 Å². The molecule has 2 heterocycles. The first kappa shape index (κ1) is 23.3. The summed E-state index contributed by atoms with van der Waals surface area (Å²) in [5, 5.41) is 0. The van der Waals surface area contributed by atoms with E-state index in [1.54, 1.807) is 0 Å². The van der Waals surface area contributed by atoms with Crippen LogP contribution in [0.4, 0.5) is 8.63 Å². The minimum atomic E-state index is -3.08. The summed E-state index contributed by atoms with van der Waals surface area (Å²) in [5.74, 6) is -0.637. The van der Waals surface area contributed by atoms with Gasteiger partial charge in [0.1, 0.15) is 5.76 Å². The second-order valence-corrected chi connectivity index (χ2v) is 8.23. The lowest BCUT2D eigenvalue weighted by atomic mass is 9.99. The maximum absolute atomic E-state index is 13.4. The molecule has 0 saturated carbocycles. The number of aryl methyl sites for hydroxylation is 2. The maximum atomic E-state index is 13.4. The SMILES string of the molecule is Cc1[nH]c(C(=O)/C=C(\OB(F)F)c2[nH]c(C)c(-c3ccccc3)c2C)c(C)c1-c1ccccc1. The van der Waals surface area contributed by atoms with E-state index in [2.05, 4.69) is 9.97 Å². The van der Waals surface area contributed by atoms with Gasteiger partial charge >= 0.3 is 7.47 Å². The molecule has 0 bridgehead atoms. The second-order valence-electron chi connectivity index (χ2n) is 8.23. The number of aromatic nitrogens is 2. The van der Waals surface area contributed by atoms with E-state index >= 15 is 0 Å². The predicted molar refractivity (Wildman–Crippen MR) is 133 cm³/mol. The number of rotatable bonds is 7. The Labute approximate surface area is 197 Å². The molecule has 0 aliphatic carbocycles. The number of benzene rings is 2. The van der Waals surface area contributed by atoms with Gasteiger partial charge in [-0.2, -0.15) is 0 Å². The van der Waals surface area contributed by atoms with Crippen molar-refractivity contribution in [2.75, 3.05) is 0 Å². The number of allylic oxidation sites excluding steroid dienone is 1. The van der Waals surface area contributed by atoms with E-state index in [1.807, 2.05) is 88.4 Å². The Morgan fingerprint density at radius 1 is 0.765 bits per heavy atom. The van der Waals surface area contributed by atoms with E-state index < -0.39 is 13.3 Å². The maximum Gasteiger partial charge on any atom is 0.796 e. The molecule has 0 aliphatic rings. The lowest BCUT2D eigenvalue weighted by molar-refractivity contribution is 0.104. The van der Waals surface area contributed by atoms with Crippen molar-refractivity contribution < 1.29 is 18.1 Å². The van der Waals surface area contributed by atoms with Crippen molar-refractivity contribution in [3.63, 3.8) is 0 Å². The molecule has 0 radical (unpaired) electrons. The average Bonchev–Trinajstić information content (AvgIpc) is 3.28. The zero-order valence-electron chi connectivity index (χ0n) is 19.5. The molecule has 0 unspecified atom stereocenters. The predicted octanol–water partition coefficient (Wildman–Crippen LogP) is 7.07. The van der Waals surface area contributed by atoms with Gasteiger partial charge in [0.25, 0.3) is 0 Å². The van der Waals surface area contributed by atoms with Gasteiger partial charge in [0.2, 0.25) is 5.78 Å². The highest BCUT2D eigenvalue weighted by atomic mass is 19.2. The summed E-state index contributed by atoms with van der Waals surface area (Å²) in [6.07, 6.45) is 1.13. The van der Waals surface area contributed by atoms with Crippen molar-refractivity contribution in [2.45, 2.75) is 27.7 Å². The molecule has 2 N–H and O–H groups in total. The van der Waals surface area contributed by atoms with Crippen molar-refractivity contribution in [3.05, 3.63) is 101 Å². The molecule has 7 heteroatoms. The second kappa shape index (κ2) is 9.55. The molecule has 34 heavy (non-hydrogen) atoms. The van der Waals surface area contributed by atoms with Gasteiger partial charge in [-0.3, -0.25) is 4.79 Å². The van der Waals surface area contributed by atoms with Gasteiger partial charge in [-0.05, 0) is 49.9 Å². The topological polar surface area (TPSA) is 57.9 Å². The quantitative estimate of drug-likeness (QED) is 0.135. The van der Waals surface area contributed by atoms with Crippen molar-refractivity contribution in [1.82, 2.24) is 9.97 Å². The third-order valence-electron chi connectivity index (χ3n) is 5.97. The fourth-order valence-corrected chi connectivity index (χ4v) is 4.52. The summed E-state index contributed by atoms with van der Waals surface area (Å²) in [4.78, 5) is 19.5. The number of aromatic amines is 2. The largest absolute Gasteiger partial charge is 0.796 e. The Kier molecular flexibility index (Phi) is 6.55. The summed E-state index contributed by atoms with van der Waals surface area (Å²) in [6, 6.07) is 19.4. The summed E-state index contributed by atoms with van der Waals surface area (Å²) < 4.78 is 31.6. The molecule has 4 aromatic rings. The lowest BCUT2D eigenvalue weighted by Crippen LogP contribution is -2.08. The fraction of sp³-hybridized carbons (Fsp3) is 0.148. The van der Waals surface area contributed by atoms with Gasteiger partial charge in [0, 0.05) is 28.6 Å². The molecule has 4 rings (SSSR count). The number of hydrogen-bond donors (Lipinski definition) is 2. The van der Waals surface area contributed by atoms with Crippen LogP contribution < -0.4 is 0 Å². The average molecular weight is 458 g/mol. The van der Waals surface area contributed by atoms with E-state index in [-0.39, 0.29) is 5.76 Å². The molecule has 0 aliphatic heterocycles. The summed E-state index contributed by atoms with van der Waals surface area (Å²) in [6.45, 7) is 7.42. The molecule has 0 atom stereocenters. The molecular formula is C27H25BF2N2O2. The third kappa shape index (κ3) is 4.46. The highest BCUT2D eigenvalue weighted by Crippen LogP contribution is 2.34. The molecule has 0 fully saturated rings. The van der Waals surface area contributed by atoms with Crippen LogP contribution in [0.15, 0.2) is 66.7 Å². The minimum Gasteiger partial charge on any atom is -0.503 e. The first-order valence-electron chi connectivity index (χ1n) is 11.0. The van der Waals surface area contributed by atoms with Crippen LogP contribution in [-0.2, 0) is 4.65 Å². The van der Waals surface area contributed by atoms with Crippen LogP contribution >= 0.6 is 0 Å². The number of carbonyl (C=O) groups excluding carboxylic acids is 1. The van der Waals surface area contributed by atoms with E-state index in [4.69, 9.17) is 4.65 Å². The molecule has 2 aromatic carbocycles. The van der Waals surface area contributed by atoms with Crippen LogP contribution in [0, 0.1) is 27.7 Å². The molecule has 172 valence electrons. The van der Waals surface area contributed by atoms with Crippen molar-refractivity contribution in [1.29, 1.82) is 0 Å². The van der Waals surface area contributed by atoms with E-state index in [1.165, 1.54) is 0 Å². The van der Waals surface area contributed by atoms with E-state index in [9.17, 15) is 13.4 Å². The number of hydrogen-bond acceptors (Lipinski definition) is 2. The minimum absolute atomic E-state index is 0.198.